The summed E-state index contributed by atoms with van der Waals surface area (Å²) in [6.07, 6.45) is 6.39. The maximum atomic E-state index is 10.6. The van der Waals surface area contributed by atoms with E-state index in [-0.39, 0.29) is 6.29 Å². The van der Waals surface area contributed by atoms with Gasteiger partial charge in [-0.15, -0.1) is 13.2 Å². The average molecular weight is 357 g/mol. The molecule has 0 bridgehead atoms. The van der Waals surface area contributed by atoms with Gasteiger partial charge in [-0.3, -0.25) is 9.78 Å². The van der Waals surface area contributed by atoms with Crippen LogP contribution in [-0.2, 0) is 22.3 Å². The van der Waals surface area contributed by atoms with E-state index in [0.29, 0.717) is 0 Å². The van der Waals surface area contributed by atoms with Crippen molar-refractivity contribution in [2.75, 3.05) is 13.2 Å². The summed E-state index contributed by atoms with van der Waals surface area (Å²) in [5.74, 6) is 0. The van der Waals surface area contributed by atoms with Crippen LogP contribution < -0.4 is 0 Å². The Kier molecular flexibility index (Phi) is 14.8. The van der Waals surface area contributed by atoms with E-state index in [1.807, 2.05) is 57.3 Å². The normalized spacial score (nSPS) is 9.54. The van der Waals surface area contributed by atoms with E-state index in [4.69, 9.17) is 9.47 Å². The molecule has 4 heteroatoms. The summed E-state index contributed by atoms with van der Waals surface area (Å²) in [7, 11) is 0. The number of nitrogens with zero attached hydrogens (tertiary/aromatic N) is 1. The van der Waals surface area contributed by atoms with Crippen LogP contribution in [0.2, 0.25) is 0 Å². The van der Waals surface area contributed by atoms with E-state index in [1.54, 1.807) is 6.20 Å². The number of hydrogen-bond donors (Lipinski definition) is 0. The van der Waals surface area contributed by atoms with E-state index in [0.717, 1.165) is 37.9 Å². The highest BCUT2D eigenvalue weighted by molar-refractivity contribution is 5.74. The van der Waals surface area contributed by atoms with Crippen molar-refractivity contribution in [2.24, 2.45) is 0 Å². The summed E-state index contributed by atoms with van der Waals surface area (Å²) in [6, 6.07) is 11.7. The average Bonchev–Trinajstić information content (AvgIpc) is 2.70. The quantitative estimate of drug-likeness (QED) is 0.383. The third kappa shape index (κ3) is 11.3. The fraction of sp³-hybridized carbons (Fsp3) is 0.364. The molecular weight excluding hydrogens is 326 g/mol. The molecule has 2 rings (SSSR count). The summed E-state index contributed by atoms with van der Waals surface area (Å²) < 4.78 is 10.1. The van der Waals surface area contributed by atoms with Crippen LogP contribution in [0.1, 0.15) is 42.3 Å². The number of benzene rings is 1. The second-order valence-corrected chi connectivity index (χ2v) is 5.20. The maximum absolute atomic E-state index is 10.6. The van der Waals surface area contributed by atoms with Gasteiger partial charge in [0.15, 0.2) is 6.29 Å². The van der Waals surface area contributed by atoms with Crippen LogP contribution in [-0.4, -0.2) is 30.8 Å². The number of pyridine rings is 1. The number of carbonyl (C=O) groups is 1. The molecule has 0 aliphatic carbocycles. The van der Waals surface area contributed by atoms with Gasteiger partial charge in [-0.25, -0.2) is 0 Å². The van der Waals surface area contributed by atoms with Crippen LogP contribution in [0.4, 0.5) is 0 Å². The molecule has 142 valence electrons. The highest BCUT2D eigenvalue weighted by Gasteiger charge is 1.97. The lowest BCUT2D eigenvalue weighted by Gasteiger charge is -2.09. The van der Waals surface area contributed by atoms with Crippen molar-refractivity contribution < 1.29 is 14.3 Å². The molecule has 4 nitrogen and oxygen atoms in total. The van der Waals surface area contributed by atoms with Crippen molar-refractivity contribution in [3.05, 3.63) is 78.6 Å². The van der Waals surface area contributed by atoms with Crippen LogP contribution in [0.3, 0.4) is 0 Å². The summed E-state index contributed by atoms with van der Waals surface area (Å²) in [5, 5.41) is 0. The van der Waals surface area contributed by atoms with Gasteiger partial charge >= 0.3 is 0 Å². The fourth-order valence-electron chi connectivity index (χ4n) is 2.17. The van der Waals surface area contributed by atoms with Gasteiger partial charge in [0.05, 0.1) is 0 Å². The molecule has 2 aromatic rings. The Hall–Kier alpha value is -2.30. The zero-order chi connectivity index (χ0) is 19.6. The van der Waals surface area contributed by atoms with Crippen LogP contribution in [0.25, 0.3) is 0 Å². The molecule has 0 amide bonds. The smallest absolute Gasteiger partial charge is 0.154 e. The molecule has 0 spiro atoms. The summed E-state index contributed by atoms with van der Waals surface area (Å²) in [5.41, 5.74) is 3.15. The van der Waals surface area contributed by atoms with Crippen molar-refractivity contribution in [3.8, 4) is 0 Å². The number of ether oxygens (including phenoxy) is 2. The lowest BCUT2D eigenvalue weighted by Crippen LogP contribution is -2.11. The van der Waals surface area contributed by atoms with Crippen molar-refractivity contribution >= 4 is 6.29 Å². The molecule has 1 aromatic carbocycles. The predicted octanol–water partition coefficient (Wildman–Crippen LogP) is 4.89. The van der Waals surface area contributed by atoms with Crippen LogP contribution in [0, 0.1) is 0 Å². The molecule has 1 aromatic heterocycles. The molecule has 0 saturated carbocycles. The van der Waals surface area contributed by atoms with Gasteiger partial charge in [0.2, 0.25) is 0 Å². The van der Waals surface area contributed by atoms with E-state index in [1.165, 1.54) is 11.1 Å². The third-order valence-electron chi connectivity index (χ3n) is 3.32. The standard InChI is InChI=1S/C14H13NO.C6H14O2.C2H4/c16-11-14-4-1-3-12(9-14)6-7-13-5-2-8-15-10-13;1-4-7-6(3)8-5-2;1-2/h1-5,8-11H,6-7H2;6H,4-5H2,1-3H3;1-2H2. The molecule has 0 atom stereocenters. The first-order valence-corrected chi connectivity index (χ1v) is 8.85. The SMILES string of the molecule is C=C.CCOC(C)OCC.O=Cc1cccc(CCc2cccnc2)c1. The van der Waals surface area contributed by atoms with E-state index < -0.39 is 0 Å². The Balaban J connectivity index is 0.000000533. The Morgan fingerprint density at radius 2 is 1.65 bits per heavy atom. The Morgan fingerprint density at radius 1 is 1.04 bits per heavy atom. The number of aryl methyl sites for hydroxylation is 2. The minimum absolute atomic E-state index is 0.0370. The van der Waals surface area contributed by atoms with E-state index in [9.17, 15) is 4.79 Å². The number of aldehydes is 1. The Morgan fingerprint density at radius 3 is 2.19 bits per heavy atom. The van der Waals surface area contributed by atoms with Crippen LogP contribution >= 0.6 is 0 Å². The lowest BCUT2D eigenvalue weighted by molar-refractivity contribution is -0.123. The maximum Gasteiger partial charge on any atom is 0.154 e. The number of hydrogen-bond acceptors (Lipinski definition) is 4. The fourth-order valence-corrected chi connectivity index (χ4v) is 2.17. The first-order chi connectivity index (χ1) is 12.7. The monoisotopic (exact) mass is 357 g/mol. The molecule has 0 aliphatic heterocycles. The van der Waals surface area contributed by atoms with E-state index in [2.05, 4.69) is 24.2 Å². The first kappa shape index (κ1) is 23.7. The molecule has 0 unspecified atom stereocenters. The molecule has 1 heterocycles. The molecule has 0 aliphatic rings. The summed E-state index contributed by atoms with van der Waals surface area (Å²) in [6.45, 7) is 13.3. The van der Waals surface area contributed by atoms with Gasteiger partial charge in [-0.2, -0.15) is 0 Å². The van der Waals surface area contributed by atoms with Gasteiger partial charge in [-0.05, 0) is 56.9 Å². The van der Waals surface area contributed by atoms with Crippen molar-refractivity contribution in [3.63, 3.8) is 0 Å². The van der Waals surface area contributed by atoms with Crippen molar-refractivity contribution in [2.45, 2.75) is 39.9 Å². The number of carbonyl (C=O) groups excluding carboxylic acids is 1. The van der Waals surface area contributed by atoms with E-state index >= 15 is 0 Å². The van der Waals surface area contributed by atoms with Crippen LogP contribution in [0.15, 0.2) is 61.9 Å². The second kappa shape index (κ2) is 16.2. The summed E-state index contributed by atoms with van der Waals surface area (Å²) >= 11 is 0. The number of aromatic nitrogens is 1. The zero-order valence-electron chi connectivity index (χ0n) is 16.2. The molecule has 26 heavy (non-hydrogen) atoms. The second-order valence-electron chi connectivity index (χ2n) is 5.20. The molecular formula is C22H31NO3. The minimum Gasteiger partial charge on any atom is -0.353 e. The predicted molar refractivity (Wildman–Crippen MR) is 107 cm³/mol. The van der Waals surface area contributed by atoms with Gasteiger partial charge in [0.25, 0.3) is 0 Å². The highest BCUT2D eigenvalue weighted by atomic mass is 16.7. The first-order valence-electron chi connectivity index (χ1n) is 8.85. The largest absolute Gasteiger partial charge is 0.353 e. The van der Waals surface area contributed by atoms with Gasteiger partial charge in [0, 0.05) is 31.2 Å². The van der Waals surface area contributed by atoms with Crippen molar-refractivity contribution in [1.82, 2.24) is 4.98 Å². The molecule has 0 N–H and O–H groups in total. The zero-order valence-corrected chi connectivity index (χ0v) is 16.2. The van der Waals surface area contributed by atoms with Crippen molar-refractivity contribution in [1.29, 1.82) is 0 Å². The number of rotatable bonds is 8. The van der Waals surface area contributed by atoms with Crippen LogP contribution in [0.5, 0.6) is 0 Å². The lowest BCUT2D eigenvalue weighted by atomic mass is 10.0. The van der Waals surface area contributed by atoms with Gasteiger partial charge in [-0.1, -0.05) is 24.3 Å². The summed E-state index contributed by atoms with van der Waals surface area (Å²) in [4.78, 5) is 14.7. The Labute approximate surface area is 157 Å². The molecule has 0 saturated heterocycles. The topological polar surface area (TPSA) is 48.4 Å². The highest BCUT2D eigenvalue weighted by Crippen LogP contribution is 2.08. The minimum atomic E-state index is -0.0370. The third-order valence-corrected chi connectivity index (χ3v) is 3.32. The van der Waals surface area contributed by atoms with Gasteiger partial charge in [0.1, 0.15) is 6.29 Å². The molecule has 0 radical (unpaired) electrons. The Bertz CT molecular complexity index is 581. The molecule has 0 fully saturated rings. The van der Waals surface area contributed by atoms with Gasteiger partial charge < -0.3 is 9.47 Å².